The molecule has 5 atom stereocenters. The molecule has 0 amide bonds. The Balaban J connectivity index is 2.12. The minimum absolute atomic E-state index is 0.139. The predicted octanol–water partition coefficient (Wildman–Crippen LogP) is 1.60. The number of carbonyl (C=O) groups excluding carboxylic acids is 4. The highest BCUT2D eigenvalue weighted by molar-refractivity contribution is 5.73. The molecule has 2 heterocycles. The number of esters is 4. The fraction of sp³-hybridized carbons (Fsp3) is 0.448. The zero-order chi connectivity index (χ0) is 31.8. The van der Waals surface area contributed by atoms with Crippen LogP contribution in [-0.2, 0) is 49.3 Å². The minimum Gasteiger partial charge on any atom is -0.493 e. The lowest BCUT2D eigenvalue weighted by molar-refractivity contribution is -0.252. The number of hydrogen-bond acceptors (Lipinski definition) is 13. The van der Waals surface area contributed by atoms with Crippen molar-refractivity contribution in [3.05, 3.63) is 45.9 Å². The zero-order valence-electron chi connectivity index (χ0n) is 24.5. The van der Waals surface area contributed by atoms with Crippen LogP contribution >= 0.6 is 0 Å². The first-order valence-corrected chi connectivity index (χ1v) is 13.1. The van der Waals surface area contributed by atoms with Gasteiger partial charge in [0.15, 0.2) is 29.8 Å². The molecule has 230 valence electrons. The summed E-state index contributed by atoms with van der Waals surface area (Å²) in [5.41, 5.74) is 0.138. The van der Waals surface area contributed by atoms with E-state index in [9.17, 15) is 29.2 Å². The molecular weight excluding hydrogens is 568 g/mol. The third-order valence-corrected chi connectivity index (χ3v) is 6.40. The number of nitrogens with zero attached hydrogens (tertiary/aromatic N) is 1. The quantitative estimate of drug-likeness (QED) is 0.306. The Morgan fingerprint density at radius 2 is 1.42 bits per heavy atom. The molecule has 1 aliphatic heterocycles. The van der Waals surface area contributed by atoms with Gasteiger partial charge in [0.2, 0.25) is 0 Å². The largest absolute Gasteiger partial charge is 0.493 e. The standard InChI is InChI=1S/C29H32N2O12/c1-14(32)39-13-25-27(41-16(3)34)28(42-17(4)35)26(40-15(2)33)24(43-25)11-19-10-20(21(12-30)29(36)31-19)18-7-8-22(37-5)23(9-18)38-6/h7-10,24-28H,11,13H2,1-6H3,(H,31,36)/t24-,25+,26-,27+,28+/m0/s1. The van der Waals surface area contributed by atoms with Gasteiger partial charge in [-0.15, -0.1) is 0 Å². The summed E-state index contributed by atoms with van der Waals surface area (Å²) in [4.78, 5) is 63.5. The van der Waals surface area contributed by atoms with E-state index in [0.717, 1.165) is 20.8 Å². The maximum Gasteiger partial charge on any atom is 0.303 e. The lowest BCUT2D eigenvalue weighted by Gasteiger charge is -2.44. The number of hydrogen-bond donors (Lipinski definition) is 1. The third kappa shape index (κ3) is 8.10. The van der Waals surface area contributed by atoms with Gasteiger partial charge in [-0.3, -0.25) is 24.0 Å². The average Bonchev–Trinajstić information content (AvgIpc) is 2.93. The molecule has 1 aromatic heterocycles. The molecule has 0 radical (unpaired) electrons. The molecule has 0 bridgehead atoms. The Bertz CT molecular complexity index is 1480. The van der Waals surface area contributed by atoms with E-state index in [1.165, 1.54) is 21.1 Å². The first kappa shape index (κ1) is 32.6. The summed E-state index contributed by atoms with van der Waals surface area (Å²) < 4.78 is 38.3. The van der Waals surface area contributed by atoms with E-state index in [4.69, 9.17) is 33.2 Å². The van der Waals surface area contributed by atoms with Gasteiger partial charge in [0.1, 0.15) is 30.4 Å². The number of ether oxygens (including phenoxy) is 7. The summed E-state index contributed by atoms with van der Waals surface area (Å²) in [5, 5.41) is 9.76. The fourth-order valence-electron chi connectivity index (χ4n) is 4.76. The SMILES string of the molecule is COc1ccc(-c2cc(C[C@@H]3O[C@H](COC(C)=O)[C@@H](OC(C)=O)[C@H](OC(C)=O)[C@H]3OC(C)=O)[nH]c(=O)c2C#N)cc1OC. The minimum atomic E-state index is -1.36. The second-order valence-electron chi connectivity index (χ2n) is 9.54. The lowest BCUT2D eigenvalue weighted by atomic mass is 9.91. The van der Waals surface area contributed by atoms with Crippen LogP contribution in [0.15, 0.2) is 29.1 Å². The molecule has 2 aromatic rings. The van der Waals surface area contributed by atoms with Crippen LogP contribution in [0.3, 0.4) is 0 Å². The number of methoxy groups -OCH3 is 2. The van der Waals surface area contributed by atoms with Gasteiger partial charge in [0.25, 0.3) is 5.56 Å². The number of rotatable bonds is 10. The summed E-state index contributed by atoms with van der Waals surface area (Å²) in [6.07, 6.45) is -6.39. The topological polar surface area (TPSA) is 190 Å². The molecule has 1 N–H and O–H groups in total. The fourth-order valence-corrected chi connectivity index (χ4v) is 4.76. The number of nitriles is 1. The monoisotopic (exact) mass is 600 g/mol. The highest BCUT2D eigenvalue weighted by Gasteiger charge is 2.52. The summed E-state index contributed by atoms with van der Waals surface area (Å²) in [6, 6.07) is 8.33. The van der Waals surface area contributed by atoms with Gasteiger partial charge >= 0.3 is 23.9 Å². The Morgan fingerprint density at radius 3 is 1.95 bits per heavy atom. The Labute approximate surface area is 246 Å². The van der Waals surface area contributed by atoms with E-state index in [-0.39, 0.29) is 23.2 Å². The van der Waals surface area contributed by atoms with Crippen molar-refractivity contribution in [3.63, 3.8) is 0 Å². The van der Waals surface area contributed by atoms with Gasteiger partial charge in [-0.1, -0.05) is 6.07 Å². The van der Waals surface area contributed by atoms with Crippen LogP contribution in [-0.4, -0.2) is 80.2 Å². The average molecular weight is 601 g/mol. The molecule has 1 saturated heterocycles. The lowest BCUT2D eigenvalue weighted by Crippen LogP contribution is -2.62. The van der Waals surface area contributed by atoms with Crippen LogP contribution in [0, 0.1) is 11.3 Å². The second kappa shape index (κ2) is 14.3. The molecule has 1 fully saturated rings. The number of H-pyrrole nitrogens is 1. The maximum absolute atomic E-state index is 13.0. The molecule has 14 nitrogen and oxygen atoms in total. The van der Waals surface area contributed by atoms with Crippen LogP contribution in [0.5, 0.6) is 11.5 Å². The van der Waals surface area contributed by atoms with Gasteiger partial charge in [-0.25, -0.2) is 0 Å². The summed E-state index contributed by atoms with van der Waals surface area (Å²) in [6.45, 7) is 4.15. The van der Waals surface area contributed by atoms with Crippen LogP contribution in [0.2, 0.25) is 0 Å². The number of carbonyl (C=O) groups is 4. The van der Waals surface area contributed by atoms with E-state index in [0.29, 0.717) is 17.1 Å². The number of nitrogens with one attached hydrogen (secondary N) is 1. The highest BCUT2D eigenvalue weighted by atomic mass is 16.7. The van der Waals surface area contributed by atoms with E-state index >= 15 is 0 Å². The number of benzene rings is 1. The third-order valence-electron chi connectivity index (χ3n) is 6.40. The molecule has 0 spiro atoms. The van der Waals surface area contributed by atoms with Gasteiger partial charge in [0.05, 0.1) is 14.2 Å². The van der Waals surface area contributed by atoms with Crippen LogP contribution in [0.4, 0.5) is 0 Å². The van der Waals surface area contributed by atoms with Crippen LogP contribution in [0.25, 0.3) is 11.1 Å². The maximum atomic E-state index is 13.0. The van der Waals surface area contributed by atoms with Crippen molar-refractivity contribution < 1.29 is 52.3 Å². The summed E-state index contributed by atoms with van der Waals surface area (Å²) in [7, 11) is 2.91. The van der Waals surface area contributed by atoms with Crippen molar-refractivity contribution in [1.29, 1.82) is 5.26 Å². The first-order chi connectivity index (χ1) is 20.4. The Kier molecular flexibility index (Phi) is 10.9. The Morgan fingerprint density at radius 1 is 0.837 bits per heavy atom. The van der Waals surface area contributed by atoms with Crippen molar-refractivity contribution in [3.8, 4) is 28.7 Å². The van der Waals surface area contributed by atoms with Crippen LogP contribution < -0.4 is 15.0 Å². The van der Waals surface area contributed by atoms with E-state index in [1.54, 1.807) is 24.3 Å². The predicted molar refractivity (Wildman–Crippen MR) is 146 cm³/mol. The van der Waals surface area contributed by atoms with E-state index in [2.05, 4.69) is 4.98 Å². The van der Waals surface area contributed by atoms with Crippen molar-refractivity contribution in [2.24, 2.45) is 0 Å². The molecule has 14 heteroatoms. The molecule has 1 aromatic carbocycles. The normalized spacial score (nSPS) is 21.1. The van der Waals surface area contributed by atoms with Crippen LogP contribution in [0.1, 0.15) is 39.0 Å². The number of aromatic nitrogens is 1. The van der Waals surface area contributed by atoms with E-state index < -0.39 is 66.6 Å². The van der Waals surface area contributed by atoms with Crippen molar-refractivity contribution in [1.82, 2.24) is 4.98 Å². The molecular formula is C29H32N2O12. The summed E-state index contributed by atoms with van der Waals surface area (Å²) >= 11 is 0. The molecule has 0 aliphatic carbocycles. The van der Waals surface area contributed by atoms with Gasteiger partial charge in [0, 0.05) is 45.4 Å². The van der Waals surface area contributed by atoms with Gasteiger partial charge < -0.3 is 38.1 Å². The van der Waals surface area contributed by atoms with Gasteiger partial charge in [-0.2, -0.15) is 5.26 Å². The molecule has 0 unspecified atom stereocenters. The zero-order valence-corrected chi connectivity index (χ0v) is 24.5. The molecule has 0 saturated carbocycles. The highest BCUT2D eigenvalue weighted by Crippen LogP contribution is 2.34. The van der Waals surface area contributed by atoms with E-state index in [1.807, 2.05) is 6.07 Å². The number of aromatic amines is 1. The number of pyridine rings is 1. The molecule has 43 heavy (non-hydrogen) atoms. The van der Waals surface area contributed by atoms with Crippen molar-refractivity contribution >= 4 is 23.9 Å². The second-order valence-corrected chi connectivity index (χ2v) is 9.54. The van der Waals surface area contributed by atoms with Crippen molar-refractivity contribution in [2.45, 2.75) is 64.6 Å². The molecule has 1 aliphatic rings. The molecule has 3 rings (SSSR count). The smallest absolute Gasteiger partial charge is 0.303 e. The Hall–Kier alpha value is -4.90. The first-order valence-electron chi connectivity index (χ1n) is 13.1. The van der Waals surface area contributed by atoms with Crippen molar-refractivity contribution in [2.75, 3.05) is 20.8 Å². The summed E-state index contributed by atoms with van der Waals surface area (Å²) in [5.74, 6) is -2.13. The van der Waals surface area contributed by atoms with Gasteiger partial charge in [-0.05, 0) is 23.8 Å².